The quantitative estimate of drug-likeness (QED) is 0.574. The van der Waals surface area contributed by atoms with Crippen LogP contribution in [0.1, 0.15) is 28.1 Å². The van der Waals surface area contributed by atoms with Gasteiger partial charge in [-0.25, -0.2) is 4.79 Å². The molecule has 1 aromatic rings. The van der Waals surface area contributed by atoms with E-state index >= 15 is 0 Å². The first-order chi connectivity index (χ1) is 7.25. The predicted molar refractivity (Wildman–Crippen MR) is 60.4 cm³/mol. The van der Waals surface area contributed by atoms with E-state index in [2.05, 4.69) is 6.58 Å². The number of ether oxygens (including phenoxy) is 1. The largest absolute Gasteiger partial charge is 0.477 e. The molecule has 15 heavy (non-hydrogen) atoms. The first-order valence-electron chi connectivity index (χ1n) is 4.74. The molecule has 0 aliphatic rings. The zero-order valence-electron chi connectivity index (χ0n) is 8.44. The van der Waals surface area contributed by atoms with E-state index in [1.807, 2.05) is 6.08 Å². The molecular formula is C11H14O3S. The number of hydrogen-bond acceptors (Lipinski definition) is 3. The van der Waals surface area contributed by atoms with Crippen molar-refractivity contribution >= 4 is 17.3 Å². The topological polar surface area (TPSA) is 46.5 Å². The smallest absolute Gasteiger partial charge is 0.346 e. The number of allylic oxidation sites excluding steroid dienone is 1. The van der Waals surface area contributed by atoms with Gasteiger partial charge in [-0.1, -0.05) is 6.08 Å². The van der Waals surface area contributed by atoms with Crippen LogP contribution < -0.4 is 0 Å². The second kappa shape index (κ2) is 6.37. The fourth-order valence-electron chi connectivity index (χ4n) is 1.15. The predicted octanol–water partition coefficient (Wildman–Crippen LogP) is 2.93. The van der Waals surface area contributed by atoms with Crippen molar-refractivity contribution in [1.82, 2.24) is 0 Å². The second-order valence-electron chi connectivity index (χ2n) is 3.06. The van der Waals surface area contributed by atoms with Crippen molar-refractivity contribution in [2.75, 3.05) is 6.61 Å². The van der Waals surface area contributed by atoms with E-state index in [-0.39, 0.29) is 0 Å². The molecule has 0 saturated heterocycles. The highest BCUT2D eigenvalue weighted by Crippen LogP contribution is 2.17. The van der Waals surface area contributed by atoms with Crippen LogP contribution in [0.15, 0.2) is 24.1 Å². The Bertz CT molecular complexity index is 330. The lowest BCUT2D eigenvalue weighted by molar-refractivity contribution is 0.0693. The molecule has 0 amide bonds. The molecule has 0 aromatic carbocycles. The Balaban J connectivity index is 2.34. The number of carbonyl (C=O) groups is 1. The lowest BCUT2D eigenvalue weighted by Crippen LogP contribution is -2.00. The summed E-state index contributed by atoms with van der Waals surface area (Å²) in [6, 6.07) is 1.79. The van der Waals surface area contributed by atoms with Gasteiger partial charge in [-0.05, 0) is 24.3 Å². The zero-order chi connectivity index (χ0) is 11.1. The molecule has 0 aliphatic carbocycles. The van der Waals surface area contributed by atoms with Gasteiger partial charge in [0.2, 0.25) is 0 Å². The van der Waals surface area contributed by atoms with Gasteiger partial charge in [0.25, 0.3) is 0 Å². The van der Waals surface area contributed by atoms with Crippen LogP contribution in [-0.2, 0) is 11.3 Å². The van der Waals surface area contributed by atoms with E-state index < -0.39 is 5.97 Å². The summed E-state index contributed by atoms with van der Waals surface area (Å²) < 4.78 is 5.37. The van der Waals surface area contributed by atoms with E-state index in [9.17, 15) is 4.79 Å². The van der Waals surface area contributed by atoms with Crippen molar-refractivity contribution < 1.29 is 14.6 Å². The molecule has 82 valence electrons. The first kappa shape index (κ1) is 11.9. The number of aromatic carboxylic acids is 1. The fourth-order valence-corrected chi connectivity index (χ4v) is 1.90. The highest BCUT2D eigenvalue weighted by molar-refractivity contribution is 7.12. The Morgan fingerprint density at radius 2 is 2.47 bits per heavy atom. The van der Waals surface area contributed by atoms with Crippen LogP contribution in [0.4, 0.5) is 0 Å². The monoisotopic (exact) mass is 226 g/mol. The first-order valence-corrected chi connectivity index (χ1v) is 5.62. The summed E-state index contributed by atoms with van der Waals surface area (Å²) in [6.45, 7) is 4.63. The summed E-state index contributed by atoms with van der Waals surface area (Å²) in [7, 11) is 0. The highest BCUT2D eigenvalue weighted by atomic mass is 32.1. The van der Waals surface area contributed by atoms with Crippen molar-refractivity contribution in [3.05, 3.63) is 34.5 Å². The maximum atomic E-state index is 10.8. The number of carboxylic acids is 1. The molecule has 0 spiro atoms. The third-order valence-corrected chi connectivity index (χ3v) is 2.84. The lowest BCUT2D eigenvalue weighted by Gasteiger charge is -2.02. The Kier molecular flexibility index (Phi) is 5.07. The van der Waals surface area contributed by atoms with E-state index in [0.29, 0.717) is 18.1 Å². The van der Waals surface area contributed by atoms with Gasteiger partial charge >= 0.3 is 5.97 Å². The van der Waals surface area contributed by atoms with Crippen LogP contribution in [0.3, 0.4) is 0 Å². The van der Waals surface area contributed by atoms with Gasteiger partial charge in [0.05, 0.1) is 6.61 Å². The number of hydrogen-bond donors (Lipinski definition) is 1. The molecule has 1 rings (SSSR count). The Morgan fingerprint density at radius 3 is 3.13 bits per heavy atom. The SMILES string of the molecule is C=CCCCOCc1ccsc1C(=O)O. The Hall–Kier alpha value is -1.13. The molecule has 0 atom stereocenters. The standard InChI is InChI=1S/C11H14O3S/c1-2-3-4-6-14-8-9-5-7-15-10(9)11(12)13/h2,5,7H,1,3-4,6,8H2,(H,12,13). The van der Waals surface area contributed by atoms with E-state index in [0.717, 1.165) is 18.4 Å². The lowest BCUT2D eigenvalue weighted by atomic mass is 10.3. The van der Waals surface area contributed by atoms with Crippen molar-refractivity contribution in [1.29, 1.82) is 0 Å². The summed E-state index contributed by atoms with van der Waals surface area (Å²) in [4.78, 5) is 11.1. The minimum atomic E-state index is -0.880. The molecule has 0 saturated carbocycles. The van der Waals surface area contributed by atoms with Crippen LogP contribution >= 0.6 is 11.3 Å². The van der Waals surface area contributed by atoms with Gasteiger partial charge in [-0.3, -0.25) is 0 Å². The zero-order valence-corrected chi connectivity index (χ0v) is 9.26. The van der Waals surface area contributed by atoms with Gasteiger partial charge in [-0.15, -0.1) is 17.9 Å². The minimum absolute atomic E-state index is 0.374. The van der Waals surface area contributed by atoms with Crippen LogP contribution in [0.2, 0.25) is 0 Å². The van der Waals surface area contributed by atoms with E-state index in [1.165, 1.54) is 11.3 Å². The Labute approximate surface area is 93.0 Å². The number of unbranched alkanes of at least 4 members (excludes halogenated alkanes) is 1. The molecule has 0 aliphatic heterocycles. The van der Waals surface area contributed by atoms with Crippen LogP contribution in [0.5, 0.6) is 0 Å². The van der Waals surface area contributed by atoms with Gasteiger partial charge in [0.1, 0.15) is 4.88 Å². The highest BCUT2D eigenvalue weighted by Gasteiger charge is 2.10. The summed E-state index contributed by atoms with van der Waals surface area (Å²) in [6.07, 6.45) is 3.70. The van der Waals surface area contributed by atoms with Crippen molar-refractivity contribution in [2.24, 2.45) is 0 Å². The average molecular weight is 226 g/mol. The van der Waals surface area contributed by atoms with Gasteiger partial charge < -0.3 is 9.84 Å². The molecule has 0 radical (unpaired) electrons. The summed E-state index contributed by atoms with van der Waals surface area (Å²) in [5.41, 5.74) is 0.756. The van der Waals surface area contributed by atoms with E-state index in [4.69, 9.17) is 9.84 Å². The minimum Gasteiger partial charge on any atom is -0.477 e. The van der Waals surface area contributed by atoms with Gasteiger partial charge in [-0.2, -0.15) is 0 Å². The second-order valence-corrected chi connectivity index (χ2v) is 3.98. The maximum absolute atomic E-state index is 10.8. The molecule has 1 N–H and O–H groups in total. The van der Waals surface area contributed by atoms with Crippen LogP contribution in [0.25, 0.3) is 0 Å². The summed E-state index contributed by atoms with van der Waals surface area (Å²) >= 11 is 1.23. The van der Waals surface area contributed by atoms with Crippen LogP contribution in [-0.4, -0.2) is 17.7 Å². The molecule has 0 unspecified atom stereocenters. The fraction of sp³-hybridized carbons (Fsp3) is 0.364. The third-order valence-electron chi connectivity index (χ3n) is 1.90. The molecular weight excluding hydrogens is 212 g/mol. The molecule has 1 heterocycles. The Morgan fingerprint density at radius 1 is 1.67 bits per heavy atom. The van der Waals surface area contributed by atoms with E-state index in [1.54, 1.807) is 11.4 Å². The normalized spacial score (nSPS) is 10.1. The molecule has 0 fully saturated rings. The average Bonchev–Trinajstić information content (AvgIpc) is 2.66. The maximum Gasteiger partial charge on any atom is 0.346 e. The van der Waals surface area contributed by atoms with Crippen molar-refractivity contribution in [3.63, 3.8) is 0 Å². The van der Waals surface area contributed by atoms with Gasteiger partial charge in [0, 0.05) is 12.2 Å². The number of carboxylic acid groups (broad SMARTS) is 1. The third kappa shape index (κ3) is 3.85. The van der Waals surface area contributed by atoms with Crippen molar-refractivity contribution in [2.45, 2.75) is 19.4 Å². The summed E-state index contributed by atoms with van der Waals surface area (Å²) in [5.74, 6) is -0.880. The molecule has 3 nitrogen and oxygen atoms in total. The number of thiophene rings is 1. The van der Waals surface area contributed by atoms with Gasteiger partial charge in [0.15, 0.2) is 0 Å². The molecule has 4 heteroatoms. The van der Waals surface area contributed by atoms with Crippen molar-refractivity contribution in [3.8, 4) is 0 Å². The molecule has 1 aromatic heterocycles. The molecule has 0 bridgehead atoms. The summed E-state index contributed by atoms with van der Waals surface area (Å²) in [5, 5.41) is 10.6. The number of rotatable bonds is 7. The van der Waals surface area contributed by atoms with Crippen LogP contribution in [0, 0.1) is 0 Å².